The average molecular weight is 270 g/mol. The number of rotatable bonds is 1. The fourth-order valence-electron chi connectivity index (χ4n) is 1.87. The molecule has 1 N–H and O–H groups in total. The van der Waals surface area contributed by atoms with Crippen molar-refractivity contribution in [1.29, 1.82) is 0 Å². The van der Waals surface area contributed by atoms with Gasteiger partial charge < -0.3 is 10.0 Å². The molecule has 2 heterocycles. The first-order valence-corrected chi connectivity index (χ1v) is 7.44. The first kappa shape index (κ1) is 12.8. The molecule has 0 atom stereocenters. The van der Waals surface area contributed by atoms with Gasteiger partial charge in [-0.15, -0.1) is 0 Å². The molecule has 1 aliphatic heterocycles. The molecule has 0 radical (unpaired) electrons. The van der Waals surface area contributed by atoms with Crippen molar-refractivity contribution < 1.29 is 18.3 Å². The van der Waals surface area contributed by atoms with E-state index in [4.69, 9.17) is 0 Å². The molecule has 0 aliphatic carbocycles. The van der Waals surface area contributed by atoms with Crippen LogP contribution in [0.15, 0.2) is 18.5 Å². The fourth-order valence-corrected chi connectivity index (χ4v) is 3.14. The Morgan fingerprint density at radius 1 is 1.28 bits per heavy atom. The Balaban J connectivity index is 2.14. The molecule has 0 bridgehead atoms. The highest BCUT2D eigenvalue weighted by Gasteiger charge is 2.23. The smallest absolute Gasteiger partial charge is 0.255 e. The lowest BCUT2D eigenvalue weighted by Gasteiger charge is -2.19. The summed E-state index contributed by atoms with van der Waals surface area (Å²) in [6.45, 7) is 0.602. The fraction of sp³-hybridized carbons (Fsp3) is 0.455. The molecule has 0 saturated carbocycles. The SMILES string of the molecule is O=C(c1cncc(O)c1)N1CCCS(=O)(=O)CC1. The predicted octanol–water partition coefficient (Wildman–Crippen LogP) is 0.0479. The first-order valence-electron chi connectivity index (χ1n) is 5.62. The number of amides is 1. The van der Waals surface area contributed by atoms with Gasteiger partial charge in [-0.2, -0.15) is 0 Å². The molecule has 0 unspecified atom stereocenters. The average Bonchev–Trinajstić information content (AvgIpc) is 2.49. The minimum atomic E-state index is -3.03. The highest BCUT2D eigenvalue weighted by atomic mass is 32.2. The van der Waals surface area contributed by atoms with Crippen molar-refractivity contribution in [3.05, 3.63) is 24.0 Å². The number of hydrogen-bond acceptors (Lipinski definition) is 5. The molecular formula is C11H14N2O4S. The van der Waals surface area contributed by atoms with Crippen molar-refractivity contribution in [2.45, 2.75) is 6.42 Å². The summed E-state index contributed by atoms with van der Waals surface area (Å²) in [7, 11) is -3.03. The van der Waals surface area contributed by atoms with Gasteiger partial charge in [0.15, 0.2) is 9.84 Å². The number of carbonyl (C=O) groups is 1. The number of carbonyl (C=O) groups excluding carboxylic acids is 1. The Morgan fingerprint density at radius 3 is 2.78 bits per heavy atom. The van der Waals surface area contributed by atoms with Crippen molar-refractivity contribution >= 4 is 15.7 Å². The molecule has 0 aromatic carbocycles. The summed E-state index contributed by atoms with van der Waals surface area (Å²) < 4.78 is 22.9. The van der Waals surface area contributed by atoms with Gasteiger partial charge in [0.05, 0.1) is 23.3 Å². The Labute approximate surface area is 105 Å². The molecule has 1 saturated heterocycles. The standard InChI is InChI=1S/C11H14N2O4S/c14-10-6-9(7-12-8-10)11(15)13-2-1-4-18(16,17)5-3-13/h6-8,14H,1-5H2. The number of pyridine rings is 1. The molecule has 1 aromatic rings. The van der Waals surface area contributed by atoms with Crippen LogP contribution in [-0.2, 0) is 9.84 Å². The molecule has 2 rings (SSSR count). The van der Waals surface area contributed by atoms with Crippen LogP contribution in [0.1, 0.15) is 16.8 Å². The monoisotopic (exact) mass is 270 g/mol. The first-order chi connectivity index (χ1) is 8.48. The third-order valence-corrected chi connectivity index (χ3v) is 4.53. The van der Waals surface area contributed by atoms with Crippen LogP contribution in [0.2, 0.25) is 0 Å². The molecule has 1 aliphatic rings. The Hall–Kier alpha value is -1.63. The number of aromatic hydroxyl groups is 1. The van der Waals surface area contributed by atoms with E-state index in [1.807, 2.05) is 0 Å². The van der Waals surface area contributed by atoms with Gasteiger partial charge >= 0.3 is 0 Å². The maximum atomic E-state index is 12.1. The number of nitrogens with zero attached hydrogens (tertiary/aromatic N) is 2. The van der Waals surface area contributed by atoms with Crippen LogP contribution < -0.4 is 0 Å². The molecule has 7 heteroatoms. The van der Waals surface area contributed by atoms with E-state index in [0.29, 0.717) is 13.0 Å². The van der Waals surface area contributed by atoms with Crippen LogP contribution >= 0.6 is 0 Å². The van der Waals surface area contributed by atoms with Crippen LogP contribution in [-0.4, -0.2) is 53.9 Å². The minimum absolute atomic E-state index is 0.00894. The third kappa shape index (κ3) is 2.98. The molecule has 18 heavy (non-hydrogen) atoms. The normalized spacial score (nSPS) is 19.2. The van der Waals surface area contributed by atoms with E-state index in [9.17, 15) is 18.3 Å². The lowest BCUT2D eigenvalue weighted by Crippen LogP contribution is -2.33. The maximum absolute atomic E-state index is 12.1. The van der Waals surface area contributed by atoms with Gasteiger partial charge in [-0.1, -0.05) is 0 Å². The van der Waals surface area contributed by atoms with E-state index in [1.165, 1.54) is 23.4 Å². The third-order valence-electron chi connectivity index (χ3n) is 2.81. The van der Waals surface area contributed by atoms with Crippen LogP contribution in [0.4, 0.5) is 0 Å². The molecule has 6 nitrogen and oxygen atoms in total. The number of sulfone groups is 1. The largest absolute Gasteiger partial charge is 0.506 e. The van der Waals surface area contributed by atoms with E-state index in [1.54, 1.807) is 0 Å². The number of aromatic nitrogens is 1. The van der Waals surface area contributed by atoms with Crippen molar-refractivity contribution in [2.75, 3.05) is 24.6 Å². The molecule has 1 aromatic heterocycles. The van der Waals surface area contributed by atoms with Crippen molar-refractivity contribution in [3.63, 3.8) is 0 Å². The van der Waals surface area contributed by atoms with E-state index >= 15 is 0 Å². The Kier molecular flexibility index (Phi) is 3.51. The Bertz CT molecular complexity index is 556. The summed E-state index contributed by atoms with van der Waals surface area (Å²) in [4.78, 5) is 17.3. The van der Waals surface area contributed by atoms with Crippen LogP contribution in [0.5, 0.6) is 5.75 Å². The highest BCUT2D eigenvalue weighted by Crippen LogP contribution is 2.13. The lowest BCUT2D eigenvalue weighted by atomic mass is 10.2. The van der Waals surface area contributed by atoms with E-state index < -0.39 is 9.84 Å². The highest BCUT2D eigenvalue weighted by molar-refractivity contribution is 7.91. The summed E-state index contributed by atoms with van der Waals surface area (Å²) in [6, 6.07) is 1.33. The van der Waals surface area contributed by atoms with Crippen molar-refractivity contribution in [1.82, 2.24) is 9.88 Å². The second kappa shape index (κ2) is 4.93. The van der Waals surface area contributed by atoms with Gasteiger partial charge in [-0.25, -0.2) is 8.42 Å². The molecular weight excluding hydrogens is 256 g/mol. The zero-order valence-corrected chi connectivity index (χ0v) is 10.6. The molecule has 1 amide bonds. The lowest BCUT2D eigenvalue weighted by molar-refractivity contribution is 0.0767. The van der Waals surface area contributed by atoms with Gasteiger partial charge in [0.1, 0.15) is 5.75 Å². The topological polar surface area (TPSA) is 87.6 Å². The zero-order chi connectivity index (χ0) is 13.2. The van der Waals surface area contributed by atoms with Gasteiger partial charge in [0.25, 0.3) is 5.91 Å². The van der Waals surface area contributed by atoms with E-state index in [2.05, 4.69) is 4.98 Å². The van der Waals surface area contributed by atoms with Gasteiger partial charge in [-0.05, 0) is 12.5 Å². The minimum Gasteiger partial charge on any atom is -0.506 e. The maximum Gasteiger partial charge on any atom is 0.255 e. The summed E-state index contributed by atoms with van der Waals surface area (Å²) in [5.41, 5.74) is 0.272. The molecule has 1 fully saturated rings. The zero-order valence-electron chi connectivity index (χ0n) is 9.74. The predicted molar refractivity (Wildman–Crippen MR) is 65.1 cm³/mol. The van der Waals surface area contributed by atoms with Gasteiger partial charge in [0, 0.05) is 19.3 Å². The summed E-state index contributed by atoms with van der Waals surface area (Å²) in [5, 5.41) is 9.27. The Morgan fingerprint density at radius 2 is 2.06 bits per heavy atom. The second-order valence-corrected chi connectivity index (χ2v) is 6.53. The van der Waals surface area contributed by atoms with Crippen molar-refractivity contribution in [2.24, 2.45) is 0 Å². The second-order valence-electron chi connectivity index (χ2n) is 4.23. The van der Waals surface area contributed by atoms with E-state index in [0.717, 1.165) is 0 Å². The molecule has 98 valence electrons. The van der Waals surface area contributed by atoms with E-state index in [-0.39, 0.29) is 35.3 Å². The summed E-state index contributed by atoms with van der Waals surface area (Å²) in [6.07, 6.45) is 3.05. The van der Waals surface area contributed by atoms with Crippen LogP contribution in [0, 0.1) is 0 Å². The molecule has 0 spiro atoms. The van der Waals surface area contributed by atoms with Crippen LogP contribution in [0.3, 0.4) is 0 Å². The summed E-state index contributed by atoms with van der Waals surface area (Å²) in [5.74, 6) is -0.265. The summed E-state index contributed by atoms with van der Waals surface area (Å²) >= 11 is 0. The quantitative estimate of drug-likeness (QED) is 0.779. The van der Waals surface area contributed by atoms with Crippen LogP contribution in [0.25, 0.3) is 0 Å². The van der Waals surface area contributed by atoms with Gasteiger partial charge in [-0.3, -0.25) is 9.78 Å². The van der Waals surface area contributed by atoms with Crippen molar-refractivity contribution in [3.8, 4) is 5.75 Å². The van der Waals surface area contributed by atoms with Gasteiger partial charge in [0.2, 0.25) is 0 Å². The number of hydrogen-bond donors (Lipinski definition) is 1.